The van der Waals surface area contributed by atoms with Crippen molar-refractivity contribution in [3.8, 4) is 0 Å². The van der Waals surface area contributed by atoms with Crippen molar-refractivity contribution in [2.24, 2.45) is 71.0 Å². The molecule has 8 aliphatic rings. The van der Waals surface area contributed by atoms with Crippen LogP contribution in [0.4, 0.5) is 0 Å². The second-order valence-corrected chi connectivity index (χ2v) is 11.1. The van der Waals surface area contributed by atoms with E-state index in [9.17, 15) is 4.79 Å². The largest absolute Gasteiger partial charge is 0.462 e. The van der Waals surface area contributed by atoms with Gasteiger partial charge in [0, 0.05) is 12.8 Å². The zero-order chi connectivity index (χ0) is 16.9. The fraction of sp³-hybridized carbons (Fsp3) is 0.870. The molecule has 0 amide bonds. The highest BCUT2D eigenvalue weighted by Crippen LogP contribution is 2.77. The molecule has 0 N–H and O–H groups in total. The van der Waals surface area contributed by atoms with Crippen molar-refractivity contribution in [3.05, 3.63) is 12.2 Å². The van der Waals surface area contributed by atoms with Crippen LogP contribution in [0.15, 0.2) is 12.2 Å². The highest BCUT2D eigenvalue weighted by Gasteiger charge is 2.77. The Morgan fingerprint density at radius 3 is 2.15 bits per heavy atom. The van der Waals surface area contributed by atoms with E-state index in [-0.39, 0.29) is 12.1 Å². The van der Waals surface area contributed by atoms with E-state index < -0.39 is 0 Å². The third-order valence-corrected chi connectivity index (χ3v) is 10.8. The molecule has 0 spiro atoms. The molecule has 5 saturated carbocycles. The summed E-state index contributed by atoms with van der Waals surface area (Å²) in [4.78, 5) is 11.6. The van der Waals surface area contributed by atoms with Crippen LogP contribution < -0.4 is 0 Å². The van der Waals surface area contributed by atoms with Crippen LogP contribution in [0, 0.1) is 71.0 Å². The van der Waals surface area contributed by atoms with Crippen molar-refractivity contribution < 1.29 is 14.3 Å². The van der Waals surface area contributed by atoms with Crippen LogP contribution in [-0.4, -0.2) is 24.3 Å². The van der Waals surface area contributed by atoms with Gasteiger partial charge in [0.15, 0.2) is 0 Å². The molecule has 0 aromatic carbocycles. The fourth-order valence-electron chi connectivity index (χ4n) is 10.8. The minimum absolute atomic E-state index is 0.0856. The molecule has 2 saturated heterocycles. The van der Waals surface area contributed by atoms with E-state index in [1.807, 2.05) is 0 Å². The summed E-state index contributed by atoms with van der Waals surface area (Å²) >= 11 is 0. The van der Waals surface area contributed by atoms with E-state index in [0.717, 1.165) is 65.6 Å². The summed E-state index contributed by atoms with van der Waals surface area (Å²) in [5.41, 5.74) is 0. The number of fused-ring (bicyclic) bond motifs is 23. The van der Waals surface area contributed by atoms with Gasteiger partial charge in [0.1, 0.15) is 6.10 Å². The molecule has 26 heavy (non-hydrogen) atoms. The van der Waals surface area contributed by atoms with Crippen LogP contribution in [-0.2, 0) is 14.3 Å². The lowest BCUT2D eigenvalue weighted by Crippen LogP contribution is -2.51. The quantitative estimate of drug-likeness (QED) is 0.413. The lowest BCUT2D eigenvalue weighted by atomic mass is 9.55. The zero-order valence-electron chi connectivity index (χ0n) is 15.4. The van der Waals surface area contributed by atoms with Gasteiger partial charge >= 0.3 is 5.97 Å². The van der Waals surface area contributed by atoms with Crippen molar-refractivity contribution in [1.82, 2.24) is 0 Å². The Morgan fingerprint density at radius 1 is 0.808 bits per heavy atom. The predicted molar refractivity (Wildman–Crippen MR) is 93.7 cm³/mol. The summed E-state index contributed by atoms with van der Waals surface area (Å²) in [5, 5.41) is 0. The summed E-state index contributed by atoms with van der Waals surface area (Å²) < 4.78 is 12.6. The molecular formula is C23H28O3. The van der Waals surface area contributed by atoms with Crippen molar-refractivity contribution >= 4 is 5.97 Å². The number of rotatable bonds is 1. The fourth-order valence-corrected chi connectivity index (χ4v) is 10.8. The van der Waals surface area contributed by atoms with Crippen molar-refractivity contribution in [3.63, 3.8) is 0 Å². The number of carbonyl (C=O) groups excluding carboxylic acids is 1. The first-order chi connectivity index (χ1) is 12.7. The number of esters is 1. The van der Waals surface area contributed by atoms with Gasteiger partial charge in [0.05, 0.1) is 12.2 Å². The summed E-state index contributed by atoms with van der Waals surface area (Å²) in [6, 6.07) is 0. The lowest BCUT2D eigenvalue weighted by molar-refractivity contribution is -0.151. The molecule has 8 bridgehead atoms. The number of allylic oxidation sites excluding steroid dienone is 2. The molecule has 7 fully saturated rings. The smallest absolute Gasteiger partial charge is 0.302 e. The van der Waals surface area contributed by atoms with E-state index in [2.05, 4.69) is 12.2 Å². The zero-order valence-corrected chi connectivity index (χ0v) is 15.4. The van der Waals surface area contributed by atoms with E-state index in [1.54, 1.807) is 6.92 Å². The number of ether oxygens (including phenoxy) is 2. The molecule has 0 aromatic rings. The van der Waals surface area contributed by atoms with Gasteiger partial charge in [-0.1, -0.05) is 12.2 Å². The SMILES string of the molecule is CC(=O)OC1CC2CC1C1C3OC(C21)C1C2CC(C4C5C=CC(C5)C24)C31. The summed E-state index contributed by atoms with van der Waals surface area (Å²) in [6.07, 6.45) is 11.8. The minimum Gasteiger partial charge on any atom is -0.462 e. The van der Waals surface area contributed by atoms with Crippen molar-refractivity contribution in [1.29, 1.82) is 0 Å². The molecule has 3 heteroatoms. The van der Waals surface area contributed by atoms with Gasteiger partial charge in [-0.05, 0) is 90.8 Å². The van der Waals surface area contributed by atoms with E-state index >= 15 is 0 Å². The molecule has 2 heterocycles. The number of hydrogen-bond acceptors (Lipinski definition) is 3. The Labute approximate surface area is 154 Å². The summed E-state index contributed by atoms with van der Waals surface area (Å²) in [7, 11) is 0. The van der Waals surface area contributed by atoms with Crippen molar-refractivity contribution in [2.75, 3.05) is 0 Å². The second kappa shape index (κ2) is 4.26. The first-order valence-corrected chi connectivity index (χ1v) is 11.2. The van der Waals surface area contributed by atoms with Gasteiger partial charge in [0.25, 0.3) is 0 Å². The molecular weight excluding hydrogens is 324 g/mol. The molecule has 0 radical (unpaired) electrons. The molecule has 15 unspecified atom stereocenters. The van der Waals surface area contributed by atoms with Gasteiger partial charge in [-0.15, -0.1) is 0 Å². The normalized spacial score (nSPS) is 69.3. The monoisotopic (exact) mass is 352 g/mol. The van der Waals surface area contributed by atoms with E-state index in [4.69, 9.17) is 9.47 Å². The Morgan fingerprint density at radius 2 is 1.46 bits per heavy atom. The Hall–Kier alpha value is -0.830. The summed E-state index contributed by atoms with van der Waals surface area (Å²) in [6.45, 7) is 1.58. The molecule has 6 aliphatic carbocycles. The van der Waals surface area contributed by atoms with E-state index in [1.165, 1.54) is 19.3 Å². The average molecular weight is 352 g/mol. The van der Waals surface area contributed by atoms with Gasteiger partial charge < -0.3 is 9.47 Å². The summed E-state index contributed by atoms with van der Waals surface area (Å²) in [5.74, 6) is 10.2. The average Bonchev–Trinajstić information content (AvgIpc) is 3.44. The van der Waals surface area contributed by atoms with Crippen LogP contribution in [0.5, 0.6) is 0 Å². The van der Waals surface area contributed by atoms with Gasteiger partial charge in [0.2, 0.25) is 0 Å². The number of hydrogen-bond donors (Lipinski definition) is 0. The highest BCUT2D eigenvalue weighted by molar-refractivity contribution is 5.66. The first kappa shape index (κ1) is 14.2. The Kier molecular flexibility index (Phi) is 2.33. The van der Waals surface area contributed by atoms with E-state index in [0.29, 0.717) is 24.0 Å². The molecule has 0 aromatic heterocycles. The van der Waals surface area contributed by atoms with Crippen LogP contribution in [0.25, 0.3) is 0 Å². The maximum atomic E-state index is 11.6. The maximum absolute atomic E-state index is 11.6. The predicted octanol–water partition coefficient (Wildman–Crippen LogP) is 3.29. The van der Waals surface area contributed by atoms with Gasteiger partial charge in [-0.25, -0.2) is 0 Å². The molecule has 15 atom stereocenters. The van der Waals surface area contributed by atoms with Crippen molar-refractivity contribution in [2.45, 2.75) is 50.9 Å². The lowest BCUT2D eigenvalue weighted by Gasteiger charge is -2.48. The highest BCUT2D eigenvalue weighted by atomic mass is 16.5. The second-order valence-electron chi connectivity index (χ2n) is 11.1. The third-order valence-electron chi connectivity index (χ3n) is 10.8. The van der Waals surface area contributed by atoms with Crippen LogP contribution >= 0.6 is 0 Å². The van der Waals surface area contributed by atoms with Crippen LogP contribution in [0.3, 0.4) is 0 Å². The molecule has 3 nitrogen and oxygen atoms in total. The topological polar surface area (TPSA) is 35.5 Å². The first-order valence-electron chi connectivity index (χ1n) is 11.2. The number of carbonyl (C=O) groups is 1. The molecule has 2 aliphatic heterocycles. The van der Waals surface area contributed by atoms with Crippen LogP contribution in [0.1, 0.15) is 32.6 Å². The van der Waals surface area contributed by atoms with Crippen LogP contribution in [0.2, 0.25) is 0 Å². The maximum Gasteiger partial charge on any atom is 0.302 e. The minimum atomic E-state index is -0.0856. The molecule has 8 rings (SSSR count). The Balaban J connectivity index is 1.16. The third kappa shape index (κ3) is 1.34. The standard InChI is InChI=1S/C23H28O3/c1-8(24)25-15-6-11-5-12(15)19-18(11)22-20-13-7-14(21(20)23(19)26-22)17-10-3-2-9(4-10)16(13)17/h2-3,9-23H,4-7H2,1H3. The van der Waals surface area contributed by atoms with Gasteiger partial charge in [-0.2, -0.15) is 0 Å². The Bertz CT molecular complexity index is 744. The molecule has 138 valence electrons. The van der Waals surface area contributed by atoms with Gasteiger partial charge in [-0.3, -0.25) is 4.79 Å².